The Morgan fingerprint density at radius 1 is 0.679 bits per heavy atom. The molecule has 0 amide bonds. The number of pyridine rings is 1. The van der Waals surface area contributed by atoms with Gasteiger partial charge < -0.3 is 9.80 Å². The Bertz CT molecular complexity index is 1090. The van der Waals surface area contributed by atoms with E-state index in [9.17, 15) is 0 Å². The van der Waals surface area contributed by atoms with Crippen LogP contribution in [0.4, 0.5) is 11.5 Å². The van der Waals surface area contributed by atoms with E-state index in [0.29, 0.717) is 0 Å². The fourth-order valence-corrected chi connectivity index (χ4v) is 3.74. The molecule has 5 nitrogen and oxygen atoms in total. The van der Waals surface area contributed by atoms with Crippen LogP contribution in [-0.2, 0) is 0 Å². The van der Waals surface area contributed by atoms with Crippen molar-refractivity contribution >= 4 is 22.3 Å². The molecular weight excluding hydrogens is 346 g/mol. The molecule has 5 rings (SSSR count). The van der Waals surface area contributed by atoms with Crippen molar-refractivity contribution < 1.29 is 0 Å². The van der Waals surface area contributed by atoms with Crippen LogP contribution < -0.4 is 9.80 Å². The van der Waals surface area contributed by atoms with E-state index >= 15 is 0 Å². The minimum Gasteiger partial charge on any atom is -0.368 e. The second kappa shape index (κ2) is 7.27. The minimum absolute atomic E-state index is 0.916. The molecule has 0 aliphatic carbocycles. The zero-order valence-corrected chi connectivity index (χ0v) is 15.6. The number of hydrogen-bond donors (Lipinski definition) is 0. The first kappa shape index (κ1) is 16.7. The summed E-state index contributed by atoms with van der Waals surface area (Å²) in [5, 5.41) is 2.46. The molecular formula is C23H21N5. The highest BCUT2D eigenvalue weighted by atomic mass is 15.3. The van der Waals surface area contributed by atoms with Crippen molar-refractivity contribution in [1.82, 2.24) is 15.0 Å². The van der Waals surface area contributed by atoms with Gasteiger partial charge in [-0.3, -0.25) is 9.97 Å². The molecule has 0 radical (unpaired) electrons. The lowest BCUT2D eigenvalue weighted by Gasteiger charge is -2.36. The second-order valence-corrected chi connectivity index (χ2v) is 7.00. The first-order chi connectivity index (χ1) is 13.9. The van der Waals surface area contributed by atoms with Crippen molar-refractivity contribution in [2.24, 2.45) is 0 Å². The molecule has 1 aliphatic heterocycles. The van der Waals surface area contributed by atoms with Gasteiger partial charge in [-0.25, -0.2) is 4.98 Å². The number of piperazine rings is 1. The van der Waals surface area contributed by atoms with Crippen LogP contribution >= 0.6 is 0 Å². The van der Waals surface area contributed by atoms with Crippen molar-refractivity contribution in [3.8, 4) is 11.3 Å². The van der Waals surface area contributed by atoms with Gasteiger partial charge in [0, 0.05) is 49.8 Å². The molecule has 1 saturated heterocycles. The molecule has 1 aliphatic rings. The summed E-state index contributed by atoms with van der Waals surface area (Å²) >= 11 is 0. The standard InChI is InChI=1S/C23H21N5/c1-2-4-19-15-20(6-5-18(19)3-1)22-16-25-17-23(26-22)28-13-11-27(12-14-28)21-7-9-24-10-8-21/h1-10,15-17H,11-14H2. The molecule has 2 aromatic heterocycles. The third kappa shape index (κ3) is 3.27. The summed E-state index contributed by atoms with van der Waals surface area (Å²) < 4.78 is 0. The zero-order valence-electron chi connectivity index (χ0n) is 15.6. The number of anilines is 2. The van der Waals surface area contributed by atoms with E-state index in [4.69, 9.17) is 4.98 Å². The van der Waals surface area contributed by atoms with Gasteiger partial charge in [-0.15, -0.1) is 0 Å². The predicted octanol–water partition coefficient (Wildman–Crippen LogP) is 4.02. The second-order valence-electron chi connectivity index (χ2n) is 7.00. The summed E-state index contributed by atoms with van der Waals surface area (Å²) in [6.07, 6.45) is 7.41. The number of benzene rings is 2. The topological polar surface area (TPSA) is 45.2 Å². The molecule has 2 aromatic carbocycles. The number of rotatable bonds is 3. The average Bonchev–Trinajstić information content (AvgIpc) is 2.79. The first-order valence-electron chi connectivity index (χ1n) is 9.58. The lowest BCUT2D eigenvalue weighted by atomic mass is 10.1. The summed E-state index contributed by atoms with van der Waals surface area (Å²) in [7, 11) is 0. The Kier molecular flexibility index (Phi) is 4.33. The van der Waals surface area contributed by atoms with Gasteiger partial charge in [0.1, 0.15) is 5.82 Å². The summed E-state index contributed by atoms with van der Waals surface area (Å²) in [5.74, 6) is 0.944. The highest BCUT2D eigenvalue weighted by Gasteiger charge is 2.19. The monoisotopic (exact) mass is 367 g/mol. The molecule has 28 heavy (non-hydrogen) atoms. The Morgan fingerprint density at radius 3 is 2.25 bits per heavy atom. The smallest absolute Gasteiger partial charge is 0.147 e. The van der Waals surface area contributed by atoms with E-state index in [1.54, 1.807) is 0 Å². The van der Waals surface area contributed by atoms with Crippen molar-refractivity contribution in [3.05, 3.63) is 79.4 Å². The molecule has 4 aromatic rings. The minimum atomic E-state index is 0.916. The fourth-order valence-electron chi connectivity index (χ4n) is 3.74. The lowest BCUT2D eigenvalue weighted by molar-refractivity contribution is 0.646. The third-order valence-electron chi connectivity index (χ3n) is 5.30. The van der Waals surface area contributed by atoms with Crippen LogP contribution in [-0.4, -0.2) is 41.1 Å². The molecule has 0 unspecified atom stereocenters. The van der Waals surface area contributed by atoms with Crippen LogP contribution in [0.3, 0.4) is 0 Å². The van der Waals surface area contributed by atoms with E-state index in [1.165, 1.54) is 16.5 Å². The fraction of sp³-hybridized carbons (Fsp3) is 0.174. The maximum Gasteiger partial charge on any atom is 0.147 e. The van der Waals surface area contributed by atoms with Gasteiger partial charge in [0.25, 0.3) is 0 Å². The normalized spacial score (nSPS) is 14.4. The van der Waals surface area contributed by atoms with Gasteiger partial charge in [-0.2, -0.15) is 0 Å². The van der Waals surface area contributed by atoms with Crippen LogP contribution in [0.25, 0.3) is 22.0 Å². The van der Waals surface area contributed by atoms with Gasteiger partial charge in [0.05, 0.1) is 18.1 Å². The van der Waals surface area contributed by atoms with Crippen LogP contribution in [0.2, 0.25) is 0 Å². The van der Waals surface area contributed by atoms with Crippen LogP contribution in [0.1, 0.15) is 0 Å². The molecule has 0 bridgehead atoms. The molecule has 1 fully saturated rings. The quantitative estimate of drug-likeness (QED) is 0.547. The molecule has 5 heteroatoms. The molecule has 0 spiro atoms. The maximum atomic E-state index is 4.91. The highest BCUT2D eigenvalue weighted by molar-refractivity contribution is 5.86. The Labute approximate surface area is 164 Å². The van der Waals surface area contributed by atoms with Crippen molar-refractivity contribution in [1.29, 1.82) is 0 Å². The van der Waals surface area contributed by atoms with Crippen molar-refractivity contribution in [3.63, 3.8) is 0 Å². The van der Waals surface area contributed by atoms with Crippen molar-refractivity contribution in [2.45, 2.75) is 0 Å². The van der Waals surface area contributed by atoms with Crippen molar-refractivity contribution in [2.75, 3.05) is 36.0 Å². The van der Waals surface area contributed by atoms with Gasteiger partial charge in [-0.05, 0) is 29.0 Å². The molecule has 0 atom stereocenters. The maximum absolute atomic E-state index is 4.91. The number of aromatic nitrogens is 3. The van der Waals surface area contributed by atoms with Crippen LogP contribution in [0, 0.1) is 0 Å². The molecule has 0 N–H and O–H groups in total. The van der Waals surface area contributed by atoms with Gasteiger partial charge in [-0.1, -0.05) is 36.4 Å². The lowest BCUT2D eigenvalue weighted by Crippen LogP contribution is -2.46. The molecule has 0 saturated carbocycles. The Morgan fingerprint density at radius 2 is 1.43 bits per heavy atom. The highest BCUT2D eigenvalue weighted by Crippen LogP contribution is 2.25. The first-order valence-corrected chi connectivity index (χ1v) is 9.58. The summed E-state index contributed by atoms with van der Waals surface area (Å²) in [5.41, 5.74) is 3.24. The summed E-state index contributed by atoms with van der Waals surface area (Å²) in [4.78, 5) is 18.2. The van der Waals surface area contributed by atoms with E-state index in [2.05, 4.69) is 74.4 Å². The Hall–Kier alpha value is -3.47. The molecule has 3 heterocycles. The Balaban J connectivity index is 1.36. The summed E-state index contributed by atoms with van der Waals surface area (Å²) in [6, 6.07) is 19.0. The number of fused-ring (bicyclic) bond motifs is 1. The van der Waals surface area contributed by atoms with E-state index < -0.39 is 0 Å². The van der Waals surface area contributed by atoms with Gasteiger partial charge in [0.15, 0.2) is 0 Å². The van der Waals surface area contributed by atoms with E-state index in [0.717, 1.165) is 43.3 Å². The third-order valence-corrected chi connectivity index (χ3v) is 5.30. The predicted molar refractivity (Wildman–Crippen MR) is 114 cm³/mol. The molecule has 138 valence electrons. The SMILES string of the molecule is c1ccc2cc(-c3cncc(N4CCN(c5ccncc5)CC4)n3)ccc2c1. The summed E-state index contributed by atoms with van der Waals surface area (Å²) in [6.45, 7) is 3.79. The van der Waals surface area contributed by atoms with Crippen LogP contribution in [0.15, 0.2) is 79.4 Å². The van der Waals surface area contributed by atoms with Gasteiger partial charge >= 0.3 is 0 Å². The van der Waals surface area contributed by atoms with Gasteiger partial charge in [0.2, 0.25) is 0 Å². The van der Waals surface area contributed by atoms with E-state index in [1.807, 2.05) is 24.8 Å². The average molecular weight is 367 g/mol. The van der Waals surface area contributed by atoms with E-state index in [-0.39, 0.29) is 0 Å². The number of nitrogens with zero attached hydrogens (tertiary/aromatic N) is 5. The largest absolute Gasteiger partial charge is 0.368 e. The zero-order chi connectivity index (χ0) is 18.8. The van der Waals surface area contributed by atoms with Crippen LogP contribution in [0.5, 0.6) is 0 Å². The number of hydrogen-bond acceptors (Lipinski definition) is 5.